The fourth-order valence-corrected chi connectivity index (χ4v) is 13.6. The lowest BCUT2D eigenvalue weighted by Gasteiger charge is -2.61. The van der Waals surface area contributed by atoms with Crippen molar-refractivity contribution in [2.45, 2.75) is 135 Å². The summed E-state index contributed by atoms with van der Waals surface area (Å²) in [6, 6.07) is 0.796. The maximum absolute atomic E-state index is 13.2. The van der Waals surface area contributed by atoms with Gasteiger partial charge in [0.1, 0.15) is 6.42 Å². The van der Waals surface area contributed by atoms with Gasteiger partial charge in [0.25, 0.3) is 0 Å². The molecule has 8 rings (SSSR count). The van der Waals surface area contributed by atoms with Crippen LogP contribution in [0.25, 0.3) is 0 Å². The van der Waals surface area contributed by atoms with Crippen molar-refractivity contribution in [3.8, 4) is 0 Å². The molecule has 8 heteroatoms. The number of hydrogen-bond donors (Lipinski definition) is 1. The Morgan fingerprint density at radius 2 is 1.56 bits per heavy atom. The summed E-state index contributed by atoms with van der Waals surface area (Å²) in [4.78, 5) is 33.3. The summed E-state index contributed by atoms with van der Waals surface area (Å²) >= 11 is 0. The van der Waals surface area contributed by atoms with E-state index in [4.69, 9.17) is 9.47 Å². The molecule has 4 saturated carbocycles. The number of nitrogens with zero attached hydrogens (tertiary/aromatic N) is 3. The van der Waals surface area contributed by atoms with Gasteiger partial charge in [0.05, 0.1) is 12.7 Å². The van der Waals surface area contributed by atoms with Crippen LogP contribution in [0.4, 0.5) is 0 Å². The van der Waals surface area contributed by atoms with Gasteiger partial charge in [0, 0.05) is 63.7 Å². The number of carbonyl (C=O) groups is 2. The van der Waals surface area contributed by atoms with Crippen LogP contribution in [0.2, 0.25) is 0 Å². The fourth-order valence-electron chi connectivity index (χ4n) is 13.6. The van der Waals surface area contributed by atoms with Gasteiger partial charge in [0.2, 0.25) is 11.8 Å². The van der Waals surface area contributed by atoms with Crippen molar-refractivity contribution in [3.63, 3.8) is 0 Å². The van der Waals surface area contributed by atoms with Crippen molar-refractivity contribution in [3.05, 3.63) is 0 Å². The summed E-state index contributed by atoms with van der Waals surface area (Å²) < 4.78 is 13.5. The van der Waals surface area contributed by atoms with E-state index in [9.17, 15) is 9.59 Å². The first-order valence-corrected chi connectivity index (χ1v) is 20.3. The molecule has 0 radical (unpaired) electrons. The lowest BCUT2D eigenvalue weighted by atomic mass is 9.44. The average Bonchev–Trinajstić information content (AvgIpc) is 3.52. The molecule has 0 bridgehead atoms. The second kappa shape index (κ2) is 12.8. The van der Waals surface area contributed by atoms with E-state index in [2.05, 4.69) is 49.9 Å². The smallest absolute Gasteiger partial charge is 0.232 e. The van der Waals surface area contributed by atoms with Crippen LogP contribution in [-0.2, 0) is 19.1 Å². The Morgan fingerprint density at radius 3 is 2.29 bits per heavy atom. The van der Waals surface area contributed by atoms with Crippen molar-refractivity contribution < 1.29 is 19.1 Å². The van der Waals surface area contributed by atoms with Crippen LogP contribution in [0.15, 0.2) is 0 Å². The van der Waals surface area contributed by atoms with Crippen molar-refractivity contribution in [2.75, 3.05) is 52.9 Å². The molecule has 12 atom stereocenters. The fraction of sp³-hybridized carbons (Fsp3) is 0.950. The zero-order valence-electron chi connectivity index (χ0n) is 30.9. The van der Waals surface area contributed by atoms with Crippen molar-refractivity contribution in [2.24, 2.45) is 52.3 Å². The number of amides is 2. The molecule has 8 nitrogen and oxygen atoms in total. The Balaban J connectivity index is 0.831. The molecule has 0 aromatic carbocycles. The molecule has 2 amide bonds. The Morgan fingerprint density at radius 1 is 0.812 bits per heavy atom. The van der Waals surface area contributed by atoms with E-state index in [1.54, 1.807) is 0 Å². The standard InChI is InChI=1S/C40H66N4O4/c1-26-8-15-40(47-25-26)27(2)37-34(48-40)23-33-31-7-6-28-22-29(9-13-38(28,3)32(31)10-14-39(33,37)4)41-35(45)24-36(46)44-16-11-30(12-17-44)43-20-18-42(5)19-21-43/h26-34,37H,6-25H2,1-5H3,(H,41,45)/t26-,27+,28-,29?,31-,32?,33+,34+,37+,38+,39+,40-/m1/s1. The third-order valence-corrected chi connectivity index (χ3v) is 16.5. The Kier molecular flexibility index (Phi) is 9.02. The predicted molar refractivity (Wildman–Crippen MR) is 187 cm³/mol. The normalized spacial score (nSPS) is 48.4. The maximum atomic E-state index is 13.2. The minimum Gasteiger partial charge on any atom is -0.353 e. The molecule has 4 saturated heterocycles. The Labute approximate surface area is 290 Å². The highest BCUT2D eigenvalue weighted by Gasteiger charge is 2.69. The molecule has 8 fully saturated rings. The van der Waals surface area contributed by atoms with Crippen LogP contribution in [0.1, 0.15) is 111 Å². The lowest BCUT2D eigenvalue weighted by molar-refractivity contribution is -0.273. The first-order chi connectivity index (χ1) is 23.0. The molecule has 8 aliphatic rings. The Bertz CT molecular complexity index is 1210. The quantitative estimate of drug-likeness (QED) is 0.397. The molecule has 4 heterocycles. The van der Waals surface area contributed by atoms with E-state index in [1.807, 2.05) is 4.90 Å². The molecular formula is C40H66N4O4. The predicted octanol–water partition coefficient (Wildman–Crippen LogP) is 5.55. The number of likely N-dealkylation sites (N-methyl/N-ethyl adjacent to an activating group) is 1. The number of ether oxygens (including phenoxy) is 2. The van der Waals surface area contributed by atoms with Crippen LogP contribution in [0.5, 0.6) is 0 Å². The van der Waals surface area contributed by atoms with Crippen molar-refractivity contribution in [1.82, 2.24) is 20.0 Å². The average molecular weight is 667 g/mol. The number of rotatable bonds is 4. The van der Waals surface area contributed by atoms with Gasteiger partial charge < -0.3 is 24.6 Å². The molecule has 4 aliphatic carbocycles. The van der Waals surface area contributed by atoms with E-state index >= 15 is 0 Å². The molecular weight excluding hydrogens is 600 g/mol. The zero-order chi connectivity index (χ0) is 33.4. The number of likely N-dealkylation sites (tertiary alicyclic amines) is 1. The molecule has 1 spiro atoms. The van der Waals surface area contributed by atoms with Gasteiger partial charge in [-0.25, -0.2) is 0 Å². The number of fused-ring (bicyclic) bond motifs is 7. The summed E-state index contributed by atoms with van der Waals surface area (Å²) in [6.45, 7) is 17.0. The molecule has 4 aliphatic heterocycles. The van der Waals surface area contributed by atoms with Crippen LogP contribution in [-0.4, -0.2) is 103 Å². The van der Waals surface area contributed by atoms with Gasteiger partial charge in [-0.05, 0) is 124 Å². The van der Waals surface area contributed by atoms with Gasteiger partial charge in [-0.1, -0.05) is 27.7 Å². The first-order valence-electron chi connectivity index (χ1n) is 20.3. The van der Waals surface area contributed by atoms with Crippen LogP contribution in [0, 0.1) is 52.3 Å². The lowest BCUT2D eigenvalue weighted by Crippen LogP contribution is -2.56. The topological polar surface area (TPSA) is 74.3 Å². The van der Waals surface area contributed by atoms with E-state index in [1.165, 1.54) is 44.9 Å². The van der Waals surface area contributed by atoms with Gasteiger partial charge >= 0.3 is 0 Å². The molecule has 270 valence electrons. The Hall–Kier alpha value is -1.22. The second-order valence-electron chi connectivity index (χ2n) is 18.8. The zero-order valence-corrected chi connectivity index (χ0v) is 30.9. The van der Waals surface area contributed by atoms with Crippen LogP contribution >= 0.6 is 0 Å². The van der Waals surface area contributed by atoms with Crippen molar-refractivity contribution >= 4 is 11.8 Å². The summed E-state index contributed by atoms with van der Waals surface area (Å²) in [5, 5.41) is 3.35. The van der Waals surface area contributed by atoms with E-state index in [0.29, 0.717) is 46.6 Å². The highest BCUT2D eigenvalue weighted by atomic mass is 16.7. The molecule has 48 heavy (non-hydrogen) atoms. The second-order valence-corrected chi connectivity index (χ2v) is 18.8. The highest BCUT2D eigenvalue weighted by molar-refractivity contribution is 5.97. The molecule has 0 aromatic rings. The van der Waals surface area contributed by atoms with E-state index < -0.39 is 0 Å². The van der Waals surface area contributed by atoms with Gasteiger partial charge in [-0.2, -0.15) is 0 Å². The number of nitrogens with one attached hydrogen (secondary N) is 1. The summed E-state index contributed by atoms with van der Waals surface area (Å²) in [7, 11) is 2.20. The maximum Gasteiger partial charge on any atom is 0.232 e. The van der Waals surface area contributed by atoms with Crippen molar-refractivity contribution in [1.29, 1.82) is 0 Å². The number of piperazine rings is 1. The minimum absolute atomic E-state index is 0.0107. The summed E-state index contributed by atoms with van der Waals surface area (Å²) in [5.41, 5.74) is 0.728. The third kappa shape index (κ3) is 5.69. The first kappa shape index (κ1) is 33.9. The molecule has 2 unspecified atom stereocenters. The largest absolute Gasteiger partial charge is 0.353 e. The van der Waals surface area contributed by atoms with Gasteiger partial charge in [0.15, 0.2) is 5.79 Å². The minimum atomic E-state index is -0.328. The molecule has 0 aromatic heterocycles. The summed E-state index contributed by atoms with van der Waals surface area (Å²) in [5.74, 6) is 4.41. The van der Waals surface area contributed by atoms with E-state index in [0.717, 1.165) is 95.7 Å². The van der Waals surface area contributed by atoms with E-state index in [-0.39, 0.29) is 30.1 Å². The summed E-state index contributed by atoms with van der Waals surface area (Å²) in [6.07, 6.45) is 14.6. The number of piperidine rings is 1. The molecule has 1 N–H and O–H groups in total. The van der Waals surface area contributed by atoms with Crippen LogP contribution < -0.4 is 5.32 Å². The monoisotopic (exact) mass is 667 g/mol. The van der Waals surface area contributed by atoms with Crippen LogP contribution in [0.3, 0.4) is 0 Å². The number of carbonyl (C=O) groups excluding carboxylic acids is 2. The SMILES string of the molecule is C[C@@H]1CC[C@@]2(OC1)O[C@H]1C[C@H]3[C@@H]4CC[C@@H]5CC(NC(=O)CC(=O)N6CCC(N7CCN(C)CC7)CC6)CC[C@]5(C)C4CC[C@]3(C)[C@H]1[C@@H]2C. The number of hydrogen-bond acceptors (Lipinski definition) is 6. The van der Waals surface area contributed by atoms with Gasteiger partial charge in [-0.3, -0.25) is 14.5 Å². The highest BCUT2D eigenvalue weighted by Crippen LogP contribution is 2.71. The van der Waals surface area contributed by atoms with Gasteiger partial charge in [-0.15, -0.1) is 0 Å². The third-order valence-electron chi connectivity index (χ3n) is 16.5.